The summed E-state index contributed by atoms with van der Waals surface area (Å²) in [6.07, 6.45) is 3.87. The largest absolute Gasteiger partial charge is 0.317 e. The predicted molar refractivity (Wildman–Crippen MR) is 76.2 cm³/mol. The van der Waals surface area contributed by atoms with Crippen molar-refractivity contribution in [3.05, 3.63) is 34.3 Å². The minimum atomic E-state index is 0.482. The molecule has 17 heavy (non-hydrogen) atoms. The molecule has 2 nitrogen and oxygen atoms in total. The maximum atomic E-state index is 3.55. The third-order valence-corrected chi connectivity index (χ3v) is 4.12. The average Bonchev–Trinajstić information content (AvgIpc) is 2.37. The van der Waals surface area contributed by atoms with E-state index in [0.717, 1.165) is 5.92 Å². The fourth-order valence-electron chi connectivity index (χ4n) is 2.59. The Bertz CT molecular complexity index is 348. The molecule has 2 rings (SSSR count). The van der Waals surface area contributed by atoms with E-state index in [1.807, 2.05) is 0 Å². The van der Waals surface area contributed by atoms with Gasteiger partial charge in [-0.25, -0.2) is 0 Å². The number of rotatable bonds is 4. The van der Waals surface area contributed by atoms with Crippen molar-refractivity contribution in [1.29, 1.82) is 0 Å². The summed E-state index contributed by atoms with van der Waals surface area (Å²) in [6, 6.07) is 9.12. The lowest BCUT2D eigenvalue weighted by atomic mass is 9.88. The van der Waals surface area contributed by atoms with E-state index in [0.29, 0.717) is 6.04 Å². The van der Waals surface area contributed by atoms with E-state index in [4.69, 9.17) is 0 Å². The Balaban J connectivity index is 2.00. The summed E-state index contributed by atoms with van der Waals surface area (Å²) in [5.41, 5.74) is 1.39. The second-order valence-corrected chi connectivity index (χ2v) is 5.74. The SMILES string of the molecule is CNC(CC1CCNCC1)c1cccc(Br)c1. The van der Waals surface area contributed by atoms with Crippen molar-refractivity contribution in [3.63, 3.8) is 0 Å². The molecule has 0 radical (unpaired) electrons. The van der Waals surface area contributed by atoms with Crippen molar-refractivity contribution < 1.29 is 0 Å². The summed E-state index contributed by atoms with van der Waals surface area (Å²) < 4.78 is 1.17. The van der Waals surface area contributed by atoms with E-state index in [-0.39, 0.29) is 0 Å². The maximum Gasteiger partial charge on any atom is 0.0320 e. The Hall–Kier alpha value is -0.380. The number of halogens is 1. The van der Waals surface area contributed by atoms with Crippen LogP contribution < -0.4 is 10.6 Å². The van der Waals surface area contributed by atoms with E-state index >= 15 is 0 Å². The highest BCUT2D eigenvalue weighted by Gasteiger charge is 2.18. The van der Waals surface area contributed by atoms with Crippen LogP contribution in [0.1, 0.15) is 30.9 Å². The number of benzene rings is 1. The third kappa shape index (κ3) is 3.80. The highest BCUT2D eigenvalue weighted by molar-refractivity contribution is 9.10. The molecule has 0 saturated carbocycles. The Kier molecular flexibility index (Phi) is 5.01. The van der Waals surface area contributed by atoms with Gasteiger partial charge in [-0.1, -0.05) is 28.1 Å². The molecule has 0 amide bonds. The first-order valence-corrected chi connectivity index (χ1v) is 7.22. The Morgan fingerprint density at radius 3 is 2.82 bits per heavy atom. The minimum absolute atomic E-state index is 0.482. The first-order chi connectivity index (χ1) is 8.29. The van der Waals surface area contributed by atoms with Crippen LogP contribution in [0.3, 0.4) is 0 Å². The first-order valence-electron chi connectivity index (χ1n) is 6.43. The molecule has 1 aromatic carbocycles. The van der Waals surface area contributed by atoms with Crippen LogP contribution in [0.2, 0.25) is 0 Å². The summed E-state index contributed by atoms with van der Waals surface area (Å²) in [7, 11) is 2.06. The van der Waals surface area contributed by atoms with Gasteiger partial charge < -0.3 is 10.6 Å². The highest BCUT2D eigenvalue weighted by atomic mass is 79.9. The molecular weight excluding hydrogens is 276 g/mol. The minimum Gasteiger partial charge on any atom is -0.317 e. The van der Waals surface area contributed by atoms with Gasteiger partial charge >= 0.3 is 0 Å². The standard InChI is InChI=1S/C14H21BrN2/c1-16-14(9-11-5-7-17-8-6-11)12-3-2-4-13(15)10-12/h2-4,10-11,14,16-17H,5-9H2,1H3. The van der Waals surface area contributed by atoms with E-state index in [2.05, 4.69) is 57.9 Å². The van der Waals surface area contributed by atoms with Gasteiger partial charge in [0.25, 0.3) is 0 Å². The maximum absolute atomic E-state index is 3.55. The molecular formula is C14H21BrN2. The predicted octanol–water partition coefficient (Wildman–Crippen LogP) is 3.10. The van der Waals surface area contributed by atoms with Crippen LogP contribution in [0.5, 0.6) is 0 Å². The van der Waals surface area contributed by atoms with Gasteiger partial charge in [0, 0.05) is 10.5 Å². The molecule has 0 aliphatic carbocycles. The first kappa shape index (κ1) is 13.1. The zero-order chi connectivity index (χ0) is 12.1. The van der Waals surface area contributed by atoms with Gasteiger partial charge in [-0.15, -0.1) is 0 Å². The van der Waals surface area contributed by atoms with E-state index in [1.54, 1.807) is 0 Å². The highest BCUT2D eigenvalue weighted by Crippen LogP contribution is 2.27. The molecule has 1 heterocycles. The summed E-state index contributed by atoms with van der Waals surface area (Å²) in [4.78, 5) is 0. The summed E-state index contributed by atoms with van der Waals surface area (Å²) in [5, 5.41) is 6.88. The Labute approximate surface area is 112 Å². The molecule has 1 aliphatic rings. The third-order valence-electron chi connectivity index (χ3n) is 3.63. The van der Waals surface area contributed by atoms with Crippen molar-refractivity contribution in [1.82, 2.24) is 10.6 Å². The van der Waals surface area contributed by atoms with Crippen LogP contribution in [0.4, 0.5) is 0 Å². The molecule has 1 fully saturated rings. The second-order valence-electron chi connectivity index (χ2n) is 4.83. The van der Waals surface area contributed by atoms with Crippen LogP contribution in [-0.4, -0.2) is 20.1 Å². The van der Waals surface area contributed by atoms with Crippen LogP contribution in [0.15, 0.2) is 28.7 Å². The van der Waals surface area contributed by atoms with Gasteiger partial charge in [0.15, 0.2) is 0 Å². The van der Waals surface area contributed by atoms with Crippen LogP contribution in [0.25, 0.3) is 0 Å². The fourth-order valence-corrected chi connectivity index (χ4v) is 3.01. The van der Waals surface area contributed by atoms with Gasteiger partial charge in [-0.3, -0.25) is 0 Å². The van der Waals surface area contributed by atoms with Gasteiger partial charge in [0.1, 0.15) is 0 Å². The van der Waals surface area contributed by atoms with E-state index in [9.17, 15) is 0 Å². The molecule has 94 valence electrons. The van der Waals surface area contributed by atoms with Gasteiger partial charge in [-0.2, -0.15) is 0 Å². The second kappa shape index (κ2) is 6.53. The van der Waals surface area contributed by atoms with Crippen molar-refractivity contribution in [2.75, 3.05) is 20.1 Å². The molecule has 1 aliphatic heterocycles. The van der Waals surface area contributed by atoms with Crippen molar-refractivity contribution >= 4 is 15.9 Å². The molecule has 0 aromatic heterocycles. The zero-order valence-electron chi connectivity index (χ0n) is 10.4. The van der Waals surface area contributed by atoms with Crippen molar-refractivity contribution in [2.45, 2.75) is 25.3 Å². The van der Waals surface area contributed by atoms with Crippen molar-refractivity contribution in [3.8, 4) is 0 Å². The number of piperidine rings is 1. The molecule has 1 unspecified atom stereocenters. The summed E-state index contributed by atoms with van der Waals surface area (Å²) in [5.74, 6) is 0.854. The molecule has 0 bridgehead atoms. The summed E-state index contributed by atoms with van der Waals surface area (Å²) in [6.45, 7) is 2.36. The summed E-state index contributed by atoms with van der Waals surface area (Å²) >= 11 is 3.55. The molecule has 1 aromatic rings. The molecule has 0 spiro atoms. The normalized spacial score (nSPS) is 19.2. The van der Waals surface area contributed by atoms with Gasteiger partial charge in [0.05, 0.1) is 0 Å². The molecule has 1 saturated heterocycles. The number of nitrogens with one attached hydrogen (secondary N) is 2. The number of hydrogen-bond acceptors (Lipinski definition) is 2. The zero-order valence-corrected chi connectivity index (χ0v) is 12.0. The van der Waals surface area contributed by atoms with Crippen molar-refractivity contribution in [2.24, 2.45) is 5.92 Å². The lowest BCUT2D eigenvalue weighted by molar-refractivity contribution is 0.318. The quantitative estimate of drug-likeness (QED) is 0.892. The smallest absolute Gasteiger partial charge is 0.0320 e. The van der Waals surface area contributed by atoms with E-state index in [1.165, 1.54) is 42.4 Å². The monoisotopic (exact) mass is 296 g/mol. The lowest BCUT2D eigenvalue weighted by Crippen LogP contribution is -2.30. The van der Waals surface area contributed by atoms with Crippen LogP contribution in [0, 0.1) is 5.92 Å². The molecule has 1 atom stereocenters. The average molecular weight is 297 g/mol. The van der Waals surface area contributed by atoms with E-state index < -0.39 is 0 Å². The Morgan fingerprint density at radius 2 is 2.18 bits per heavy atom. The van der Waals surface area contributed by atoms with Crippen LogP contribution >= 0.6 is 15.9 Å². The number of hydrogen-bond donors (Lipinski definition) is 2. The van der Waals surface area contributed by atoms with Crippen LogP contribution in [-0.2, 0) is 0 Å². The van der Waals surface area contributed by atoms with Gasteiger partial charge in [-0.05, 0) is 63.0 Å². The Morgan fingerprint density at radius 1 is 1.41 bits per heavy atom. The molecule has 2 N–H and O–H groups in total. The molecule has 3 heteroatoms. The topological polar surface area (TPSA) is 24.1 Å². The fraction of sp³-hybridized carbons (Fsp3) is 0.571. The lowest BCUT2D eigenvalue weighted by Gasteiger charge is -2.27. The van der Waals surface area contributed by atoms with Gasteiger partial charge in [0.2, 0.25) is 0 Å².